The molecule has 8 nitrogen and oxygen atoms in total. The highest BCUT2D eigenvalue weighted by molar-refractivity contribution is 5.78. The standard InChI is InChI=1S/C21H33N5O3/c1-15-10-16(2)26(23-15)13-20(27)22-11-19-12-25(21(28)14-29-19)18-6-8-24(9-7-18)17-4-3-5-17/h10,17-19H,3-9,11-14H2,1-2H3,(H,22,27)/t19-/m0/s1. The second kappa shape index (κ2) is 8.83. The Kier molecular flexibility index (Phi) is 6.20. The number of rotatable bonds is 6. The monoisotopic (exact) mass is 403 g/mol. The van der Waals surface area contributed by atoms with E-state index in [0.717, 1.165) is 43.4 Å². The molecule has 0 bridgehead atoms. The molecule has 3 fully saturated rings. The van der Waals surface area contributed by atoms with Gasteiger partial charge < -0.3 is 19.9 Å². The number of carbonyl (C=O) groups is 2. The smallest absolute Gasteiger partial charge is 0.248 e. The minimum Gasteiger partial charge on any atom is -0.365 e. The Morgan fingerprint density at radius 1 is 1.21 bits per heavy atom. The fraction of sp³-hybridized carbons (Fsp3) is 0.762. The van der Waals surface area contributed by atoms with E-state index in [-0.39, 0.29) is 31.1 Å². The number of hydrogen-bond acceptors (Lipinski definition) is 5. The van der Waals surface area contributed by atoms with E-state index < -0.39 is 0 Å². The average Bonchev–Trinajstić information content (AvgIpc) is 2.97. The van der Waals surface area contributed by atoms with E-state index in [1.807, 2.05) is 24.8 Å². The van der Waals surface area contributed by atoms with E-state index in [9.17, 15) is 9.59 Å². The number of nitrogens with zero attached hydrogens (tertiary/aromatic N) is 4. The lowest BCUT2D eigenvalue weighted by Crippen LogP contribution is -2.57. The number of aryl methyl sites for hydroxylation is 2. The molecule has 1 saturated carbocycles. The molecular formula is C21H33N5O3. The lowest BCUT2D eigenvalue weighted by Gasteiger charge is -2.45. The van der Waals surface area contributed by atoms with Crippen LogP contribution < -0.4 is 5.32 Å². The Morgan fingerprint density at radius 2 is 1.97 bits per heavy atom. The van der Waals surface area contributed by atoms with E-state index in [1.165, 1.54) is 19.3 Å². The SMILES string of the molecule is Cc1cc(C)n(CC(=O)NC[C@H]2CN(C3CCN(C4CCC4)CC3)C(=O)CO2)n1. The molecule has 160 valence electrons. The van der Waals surface area contributed by atoms with E-state index in [1.54, 1.807) is 4.68 Å². The third-order valence-electron chi connectivity index (χ3n) is 6.62. The molecule has 1 aliphatic carbocycles. The van der Waals surface area contributed by atoms with Crippen LogP contribution >= 0.6 is 0 Å². The third-order valence-corrected chi connectivity index (χ3v) is 6.62. The topological polar surface area (TPSA) is 79.7 Å². The fourth-order valence-electron chi connectivity index (χ4n) is 4.69. The van der Waals surface area contributed by atoms with Gasteiger partial charge in [-0.2, -0.15) is 5.10 Å². The van der Waals surface area contributed by atoms with Crippen LogP contribution in [0.5, 0.6) is 0 Å². The molecule has 3 aliphatic rings. The molecule has 8 heteroatoms. The summed E-state index contributed by atoms with van der Waals surface area (Å²) in [7, 11) is 0. The molecule has 0 unspecified atom stereocenters. The Morgan fingerprint density at radius 3 is 2.59 bits per heavy atom. The van der Waals surface area contributed by atoms with E-state index in [0.29, 0.717) is 19.1 Å². The van der Waals surface area contributed by atoms with Crippen LogP contribution in [0.2, 0.25) is 0 Å². The van der Waals surface area contributed by atoms with Crippen LogP contribution in [0.3, 0.4) is 0 Å². The first kappa shape index (κ1) is 20.3. The Hall–Kier alpha value is -1.93. The van der Waals surface area contributed by atoms with Crippen molar-refractivity contribution in [3.63, 3.8) is 0 Å². The second-order valence-electron chi connectivity index (χ2n) is 8.72. The Balaban J connectivity index is 1.24. The van der Waals surface area contributed by atoms with Crippen LogP contribution in [0, 0.1) is 13.8 Å². The summed E-state index contributed by atoms with van der Waals surface area (Å²) < 4.78 is 7.39. The average molecular weight is 404 g/mol. The maximum absolute atomic E-state index is 12.4. The summed E-state index contributed by atoms with van der Waals surface area (Å²) in [6, 6.07) is 3.04. The number of ether oxygens (including phenoxy) is 1. The number of nitrogens with one attached hydrogen (secondary N) is 1. The summed E-state index contributed by atoms with van der Waals surface area (Å²) in [5.41, 5.74) is 1.88. The molecule has 3 heterocycles. The van der Waals surface area contributed by atoms with Crippen LogP contribution in [-0.4, -0.2) is 82.4 Å². The van der Waals surface area contributed by atoms with E-state index in [2.05, 4.69) is 15.3 Å². The molecule has 2 saturated heterocycles. The molecular weight excluding hydrogens is 370 g/mol. The van der Waals surface area contributed by atoms with Crippen molar-refractivity contribution in [3.8, 4) is 0 Å². The Bertz CT molecular complexity index is 737. The second-order valence-corrected chi connectivity index (χ2v) is 8.72. The number of amides is 2. The first-order chi connectivity index (χ1) is 14.0. The maximum Gasteiger partial charge on any atom is 0.248 e. The van der Waals surface area contributed by atoms with Gasteiger partial charge in [-0.15, -0.1) is 0 Å². The van der Waals surface area contributed by atoms with Gasteiger partial charge in [-0.1, -0.05) is 6.42 Å². The summed E-state index contributed by atoms with van der Waals surface area (Å²) in [6.45, 7) is 7.33. The lowest BCUT2D eigenvalue weighted by atomic mass is 9.89. The van der Waals surface area contributed by atoms with Crippen molar-refractivity contribution in [1.82, 2.24) is 24.9 Å². The van der Waals surface area contributed by atoms with Gasteiger partial charge in [-0.25, -0.2) is 0 Å². The van der Waals surface area contributed by atoms with Gasteiger partial charge in [-0.05, 0) is 45.6 Å². The summed E-state index contributed by atoms with van der Waals surface area (Å²) in [5.74, 6) is -0.00521. The first-order valence-electron chi connectivity index (χ1n) is 10.9. The molecule has 1 atom stereocenters. The van der Waals surface area contributed by atoms with Crippen molar-refractivity contribution >= 4 is 11.8 Å². The lowest BCUT2D eigenvalue weighted by molar-refractivity contribution is -0.153. The first-order valence-corrected chi connectivity index (χ1v) is 10.9. The van der Waals surface area contributed by atoms with Crippen molar-refractivity contribution in [1.29, 1.82) is 0 Å². The normalized spacial score (nSPS) is 24.6. The summed E-state index contributed by atoms with van der Waals surface area (Å²) >= 11 is 0. The maximum atomic E-state index is 12.4. The van der Waals surface area contributed by atoms with Crippen LogP contribution in [0.15, 0.2) is 6.07 Å². The van der Waals surface area contributed by atoms with Crippen molar-refractivity contribution < 1.29 is 14.3 Å². The molecule has 4 rings (SSSR count). The van der Waals surface area contributed by atoms with Crippen molar-refractivity contribution in [3.05, 3.63) is 17.5 Å². The molecule has 2 aliphatic heterocycles. The largest absolute Gasteiger partial charge is 0.365 e. The highest BCUT2D eigenvalue weighted by Crippen LogP contribution is 2.29. The minimum absolute atomic E-state index is 0.0808. The zero-order valence-corrected chi connectivity index (χ0v) is 17.6. The molecule has 1 aromatic heterocycles. The zero-order chi connectivity index (χ0) is 20.4. The number of morpholine rings is 1. The zero-order valence-electron chi connectivity index (χ0n) is 17.6. The summed E-state index contributed by atoms with van der Waals surface area (Å²) in [4.78, 5) is 29.3. The molecule has 2 amide bonds. The number of piperidine rings is 1. The van der Waals surface area contributed by atoms with Gasteiger partial charge in [0.2, 0.25) is 11.8 Å². The van der Waals surface area contributed by atoms with Crippen molar-refractivity contribution in [2.45, 2.75) is 70.7 Å². The van der Waals surface area contributed by atoms with E-state index in [4.69, 9.17) is 4.74 Å². The molecule has 1 aromatic rings. The van der Waals surface area contributed by atoms with Crippen LogP contribution in [0.1, 0.15) is 43.5 Å². The highest BCUT2D eigenvalue weighted by atomic mass is 16.5. The van der Waals surface area contributed by atoms with Gasteiger partial charge in [0.1, 0.15) is 13.2 Å². The number of aromatic nitrogens is 2. The van der Waals surface area contributed by atoms with Crippen LogP contribution in [0.4, 0.5) is 0 Å². The summed E-state index contributed by atoms with van der Waals surface area (Å²) in [6.07, 6.45) is 5.96. The molecule has 0 aromatic carbocycles. The number of carbonyl (C=O) groups excluding carboxylic acids is 2. The minimum atomic E-state index is -0.151. The van der Waals surface area contributed by atoms with Crippen LogP contribution in [-0.2, 0) is 20.9 Å². The van der Waals surface area contributed by atoms with Gasteiger partial charge in [0.25, 0.3) is 0 Å². The van der Waals surface area contributed by atoms with E-state index >= 15 is 0 Å². The summed E-state index contributed by atoms with van der Waals surface area (Å²) in [5, 5.41) is 7.27. The van der Waals surface area contributed by atoms with Gasteiger partial charge in [-0.3, -0.25) is 14.3 Å². The Labute approximate surface area is 172 Å². The molecule has 0 spiro atoms. The quantitative estimate of drug-likeness (QED) is 0.762. The fourth-order valence-corrected chi connectivity index (χ4v) is 4.69. The van der Waals surface area contributed by atoms with Gasteiger partial charge >= 0.3 is 0 Å². The van der Waals surface area contributed by atoms with Gasteiger partial charge in [0, 0.05) is 44.0 Å². The molecule has 0 radical (unpaired) electrons. The van der Waals surface area contributed by atoms with Gasteiger partial charge in [0.15, 0.2) is 0 Å². The predicted molar refractivity (Wildman–Crippen MR) is 108 cm³/mol. The van der Waals surface area contributed by atoms with Crippen LogP contribution in [0.25, 0.3) is 0 Å². The molecule has 29 heavy (non-hydrogen) atoms. The third kappa shape index (κ3) is 4.80. The number of likely N-dealkylation sites (tertiary alicyclic amines) is 1. The van der Waals surface area contributed by atoms with Crippen molar-refractivity contribution in [2.75, 3.05) is 32.8 Å². The highest BCUT2D eigenvalue weighted by Gasteiger charge is 2.35. The molecule has 1 N–H and O–H groups in total. The van der Waals surface area contributed by atoms with Gasteiger partial charge in [0.05, 0.1) is 11.8 Å². The van der Waals surface area contributed by atoms with Crippen molar-refractivity contribution in [2.24, 2.45) is 0 Å². The number of hydrogen-bond donors (Lipinski definition) is 1. The predicted octanol–water partition coefficient (Wildman–Crippen LogP) is 0.860.